The second-order valence-electron chi connectivity index (χ2n) is 0.816. The standard InChI is InChI=1S/C2H3O3PS2/c3-2(4)1-5-6-8-7/h1H2,(H,3,4). The number of carbonyl (C=O) groups is 1. The monoisotopic (exact) mass is 170 g/mol. The summed E-state index contributed by atoms with van der Waals surface area (Å²) in [5, 5.41) is 7.97. The summed E-state index contributed by atoms with van der Waals surface area (Å²) in [6.07, 6.45) is 0. The summed E-state index contributed by atoms with van der Waals surface area (Å²) in [6, 6.07) is 0. The number of hydrogen-bond acceptors (Lipinski definition) is 3. The van der Waals surface area contributed by atoms with Crippen LogP contribution in [0.4, 0.5) is 0 Å². The second kappa shape index (κ2) is 5.31. The Labute approximate surface area is 55.8 Å². The first-order valence-electron chi connectivity index (χ1n) is 1.60. The van der Waals surface area contributed by atoms with Gasteiger partial charge in [-0.3, -0.25) is 0 Å². The zero-order chi connectivity index (χ0) is 6.41. The molecule has 6 heteroatoms. The molecule has 0 aromatic heterocycles. The SMILES string of the molecule is O=C(O)COP=S=S. The van der Waals surface area contributed by atoms with E-state index in [9.17, 15) is 4.79 Å². The molecule has 0 saturated carbocycles. The molecule has 0 amide bonds. The van der Waals surface area contributed by atoms with E-state index in [0.29, 0.717) is 7.58 Å². The second-order valence-corrected chi connectivity index (χ2v) is 3.61. The fourth-order valence-corrected chi connectivity index (χ4v) is 0.984. The predicted molar refractivity (Wildman–Crippen MR) is 35.2 cm³/mol. The lowest BCUT2D eigenvalue weighted by molar-refractivity contribution is -0.138. The Morgan fingerprint density at radius 2 is 2.62 bits per heavy atom. The molecule has 0 atom stereocenters. The Kier molecular flexibility index (Phi) is 5.42. The van der Waals surface area contributed by atoms with Gasteiger partial charge in [-0.05, 0) is 20.7 Å². The van der Waals surface area contributed by atoms with Gasteiger partial charge in [0.25, 0.3) is 0 Å². The molecule has 0 unspecified atom stereocenters. The van der Waals surface area contributed by atoms with Crippen LogP contribution in [0.3, 0.4) is 0 Å². The van der Waals surface area contributed by atoms with Gasteiger partial charge in [0.2, 0.25) is 0 Å². The molecule has 0 aliphatic carbocycles. The molecule has 3 nitrogen and oxygen atoms in total. The van der Waals surface area contributed by atoms with Crippen molar-refractivity contribution in [2.45, 2.75) is 0 Å². The molecule has 0 aliphatic heterocycles. The van der Waals surface area contributed by atoms with Crippen LogP contribution >= 0.6 is 7.58 Å². The lowest BCUT2D eigenvalue weighted by atomic mass is 10.8. The largest absolute Gasteiger partial charge is 0.480 e. The Morgan fingerprint density at radius 1 is 2.00 bits per heavy atom. The van der Waals surface area contributed by atoms with E-state index in [0.717, 1.165) is 9.50 Å². The zero-order valence-electron chi connectivity index (χ0n) is 3.73. The molecule has 0 spiro atoms. The van der Waals surface area contributed by atoms with E-state index in [-0.39, 0.29) is 6.61 Å². The Morgan fingerprint density at radius 3 is 3.00 bits per heavy atom. The minimum absolute atomic E-state index is 0.273. The average molecular weight is 170 g/mol. The van der Waals surface area contributed by atoms with Crippen LogP contribution in [0.15, 0.2) is 0 Å². The minimum Gasteiger partial charge on any atom is -0.480 e. The summed E-state index contributed by atoms with van der Waals surface area (Å²) in [4.78, 5) is 9.70. The average Bonchev–Trinajstić information content (AvgIpc) is 1.66. The molecular weight excluding hydrogens is 167 g/mol. The van der Waals surface area contributed by atoms with Crippen molar-refractivity contribution in [3.8, 4) is 0 Å². The van der Waals surface area contributed by atoms with Gasteiger partial charge in [-0.2, -0.15) is 0 Å². The molecule has 0 heterocycles. The maximum atomic E-state index is 9.70. The molecule has 0 rings (SSSR count). The summed E-state index contributed by atoms with van der Waals surface area (Å²) in [5.74, 6) is -0.971. The van der Waals surface area contributed by atoms with Gasteiger partial charge in [0.15, 0.2) is 6.61 Å². The van der Waals surface area contributed by atoms with E-state index >= 15 is 0 Å². The summed E-state index contributed by atoms with van der Waals surface area (Å²) in [7, 11) is 1.49. The van der Waals surface area contributed by atoms with Crippen LogP contribution in [0, 0.1) is 0 Å². The van der Waals surface area contributed by atoms with Gasteiger partial charge < -0.3 is 9.63 Å². The summed E-state index contributed by atoms with van der Waals surface area (Å²) < 4.78 is 4.48. The van der Waals surface area contributed by atoms with Gasteiger partial charge >= 0.3 is 5.97 Å². The maximum Gasteiger partial charge on any atom is 0.330 e. The molecule has 0 bridgehead atoms. The number of carboxylic acid groups (broad SMARTS) is 1. The van der Waals surface area contributed by atoms with Gasteiger partial charge in [0, 0.05) is 0 Å². The Balaban J connectivity index is 3.18. The Hall–Kier alpha value is 0.170. The van der Waals surface area contributed by atoms with Crippen molar-refractivity contribution in [2.24, 2.45) is 0 Å². The van der Waals surface area contributed by atoms with Crippen molar-refractivity contribution >= 4 is 34.2 Å². The lowest BCUT2D eigenvalue weighted by Gasteiger charge is -1.83. The van der Waals surface area contributed by atoms with Crippen LogP contribution < -0.4 is 0 Å². The number of carboxylic acids is 1. The Bertz CT molecular complexity index is 127. The zero-order valence-corrected chi connectivity index (χ0v) is 6.26. The molecule has 0 aromatic carbocycles. The van der Waals surface area contributed by atoms with E-state index in [4.69, 9.17) is 5.11 Å². The molecule has 46 valence electrons. The summed E-state index contributed by atoms with van der Waals surface area (Å²) >= 11 is 4.39. The number of hydrogen-bond donors (Lipinski definition) is 1. The van der Waals surface area contributed by atoms with Crippen molar-refractivity contribution in [1.82, 2.24) is 0 Å². The quantitative estimate of drug-likeness (QED) is 0.623. The highest BCUT2D eigenvalue weighted by molar-refractivity contribution is 8.30. The normalized spacial score (nSPS) is 9.00. The first-order chi connectivity index (χ1) is 3.77. The van der Waals surface area contributed by atoms with Crippen LogP contribution in [0.5, 0.6) is 0 Å². The predicted octanol–water partition coefficient (Wildman–Crippen LogP) is 0.408. The first kappa shape index (κ1) is 8.17. The molecular formula is C2H3O3PS2. The lowest BCUT2D eigenvalue weighted by Crippen LogP contribution is -2.00. The van der Waals surface area contributed by atoms with E-state index in [1.165, 1.54) is 0 Å². The van der Waals surface area contributed by atoms with Gasteiger partial charge in [0.1, 0.15) is 7.58 Å². The summed E-state index contributed by atoms with van der Waals surface area (Å²) in [5.41, 5.74) is 0. The third-order valence-corrected chi connectivity index (χ3v) is 1.61. The van der Waals surface area contributed by atoms with Crippen LogP contribution in [0.25, 0.3) is 0 Å². The molecule has 1 N–H and O–H groups in total. The van der Waals surface area contributed by atoms with E-state index in [1.807, 2.05) is 0 Å². The fourth-order valence-electron chi connectivity index (χ4n) is 0.103. The van der Waals surface area contributed by atoms with E-state index in [2.05, 4.69) is 15.7 Å². The highest BCUT2D eigenvalue weighted by Crippen LogP contribution is 1.93. The third-order valence-electron chi connectivity index (χ3n) is 0.271. The minimum atomic E-state index is -0.971. The maximum absolute atomic E-state index is 9.70. The molecule has 0 radical (unpaired) electrons. The fraction of sp³-hybridized carbons (Fsp3) is 0.500. The number of aliphatic carboxylic acids is 1. The highest BCUT2D eigenvalue weighted by atomic mass is 32.9. The molecule has 0 aliphatic rings. The van der Waals surface area contributed by atoms with Crippen LogP contribution in [0.2, 0.25) is 0 Å². The molecule has 0 fully saturated rings. The van der Waals surface area contributed by atoms with Crippen molar-refractivity contribution in [2.75, 3.05) is 6.61 Å². The number of rotatable bonds is 3. The first-order valence-corrected chi connectivity index (χ1v) is 4.76. The van der Waals surface area contributed by atoms with Gasteiger partial charge in [-0.1, -0.05) is 0 Å². The van der Waals surface area contributed by atoms with E-state index < -0.39 is 5.97 Å². The van der Waals surface area contributed by atoms with Crippen molar-refractivity contribution in [1.29, 1.82) is 0 Å². The molecule has 8 heavy (non-hydrogen) atoms. The topological polar surface area (TPSA) is 46.5 Å². The van der Waals surface area contributed by atoms with Gasteiger partial charge in [0.05, 0.1) is 0 Å². The summed E-state index contributed by atoms with van der Waals surface area (Å²) in [6.45, 7) is -0.273. The van der Waals surface area contributed by atoms with Crippen molar-refractivity contribution in [3.05, 3.63) is 0 Å². The van der Waals surface area contributed by atoms with Crippen LogP contribution in [-0.4, -0.2) is 17.7 Å². The van der Waals surface area contributed by atoms with E-state index in [1.54, 1.807) is 0 Å². The van der Waals surface area contributed by atoms with Gasteiger partial charge in [-0.15, -0.1) is 0 Å². The molecule has 0 aromatic rings. The smallest absolute Gasteiger partial charge is 0.330 e. The van der Waals surface area contributed by atoms with Gasteiger partial charge in [-0.25, -0.2) is 4.79 Å². The molecule has 0 saturated heterocycles. The highest BCUT2D eigenvalue weighted by Gasteiger charge is 1.90. The third kappa shape index (κ3) is 6.17. The van der Waals surface area contributed by atoms with Crippen molar-refractivity contribution in [3.63, 3.8) is 0 Å². The van der Waals surface area contributed by atoms with Crippen LogP contribution in [-0.2, 0) is 30.0 Å². The van der Waals surface area contributed by atoms with Crippen molar-refractivity contribution < 1.29 is 14.4 Å². The van der Waals surface area contributed by atoms with Crippen LogP contribution in [0.1, 0.15) is 0 Å².